The minimum atomic E-state index is -0.0101. The van der Waals surface area contributed by atoms with E-state index in [1.165, 1.54) is 12.8 Å². The van der Waals surface area contributed by atoms with E-state index in [0.29, 0.717) is 32.4 Å². The lowest BCUT2D eigenvalue weighted by atomic mass is 10.2. The quantitative estimate of drug-likeness (QED) is 0.768. The summed E-state index contributed by atoms with van der Waals surface area (Å²) in [5, 5.41) is 2.76. The molecule has 0 aromatic rings. The van der Waals surface area contributed by atoms with Crippen LogP contribution < -0.4 is 11.1 Å². The number of likely N-dealkylation sites (tertiary alicyclic amines) is 1. The molecule has 1 rings (SSSR count). The fraction of sp³-hybridized carbons (Fsp3) is 0.846. The fourth-order valence-electron chi connectivity index (χ4n) is 2.14. The van der Waals surface area contributed by atoms with Crippen molar-refractivity contribution in [2.75, 3.05) is 26.2 Å². The Morgan fingerprint density at radius 2 is 1.68 bits per heavy atom. The van der Waals surface area contributed by atoms with Gasteiger partial charge in [-0.25, -0.2) is 0 Å². The van der Waals surface area contributed by atoms with Crippen molar-refractivity contribution in [2.24, 2.45) is 5.73 Å². The van der Waals surface area contributed by atoms with Crippen LogP contribution in [0.15, 0.2) is 0 Å². The van der Waals surface area contributed by atoms with E-state index in [4.69, 9.17) is 5.73 Å². The molecule has 1 saturated heterocycles. The van der Waals surface area contributed by atoms with Crippen molar-refractivity contribution < 1.29 is 9.59 Å². The van der Waals surface area contributed by atoms with Crippen molar-refractivity contribution in [2.45, 2.75) is 44.9 Å². The third kappa shape index (κ3) is 8.06. The molecule has 0 atom stereocenters. The summed E-state index contributed by atoms with van der Waals surface area (Å²) in [6.45, 7) is 2.72. The zero-order valence-corrected chi connectivity index (χ0v) is 12.3. The molecule has 1 heterocycles. The van der Waals surface area contributed by atoms with Crippen molar-refractivity contribution in [3.05, 3.63) is 0 Å². The number of rotatable bonds is 6. The molecule has 3 N–H and O–H groups in total. The zero-order valence-electron chi connectivity index (χ0n) is 11.5. The number of hydrogen-bond donors (Lipinski definition) is 2. The lowest BCUT2D eigenvalue weighted by Gasteiger charge is -2.20. The van der Waals surface area contributed by atoms with Crippen LogP contribution in [0, 0.1) is 0 Å². The van der Waals surface area contributed by atoms with E-state index in [1.807, 2.05) is 4.90 Å². The molecule has 5 nitrogen and oxygen atoms in total. The second kappa shape index (κ2) is 11.1. The Kier molecular flexibility index (Phi) is 10.6. The van der Waals surface area contributed by atoms with E-state index in [1.54, 1.807) is 0 Å². The van der Waals surface area contributed by atoms with E-state index in [-0.39, 0.29) is 24.2 Å². The van der Waals surface area contributed by atoms with Gasteiger partial charge in [-0.2, -0.15) is 0 Å². The average molecular weight is 292 g/mol. The Hall–Kier alpha value is -0.810. The lowest BCUT2D eigenvalue weighted by Crippen LogP contribution is -2.35. The van der Waals surface area contributed by atoms with Gasteiger partial charge < -0.3 is 16.0 Å². The number of halogens is 1. The largest absolute Gasteiger partial charge is 0.356 e. The Morgan fingerprint density at radius 1 is 1.05 bits per heavy atom. The van der Waals surface area contributed by atoms with Gasteiger partial charge in [0.1, 0.15) is 0 Å². The summed E-state index contributed by atoms with van der Waals surface area (Å²) < 4.78 is 0. The van der Waals surface area contributed by atoms with Gasteiger partial charge in [0, 0.05) is 32.5 Å². The number of hydrogen-bond acceptors (Lipinski definition) is 3. The normalized spacial score (nSPS) is 15.3. The van der Waals surface area contributed by atoms with Gasteiger partial charge in [-0.05, 0) is 25.8 Å². The van der Waals surface area contributed by atoms with Crippen molar-refractivity contribution in [3.8, 4) is 0 Å². The topological polar surface area (TPSA) is 75.4 Å². The predicted octanol–water partition coefficient (Wildman–Crippen LogP) is 1.06. The molecular weight excluding hydrogens is 266 g/mol. The maximum Gasteiger partial charge on any atom is 0.224 e. The summed E-state index contributed by atoms with van der Waals surface area (Å²) in [4.78, 5) is 25.2. The molecule has 0 saturated carbocycles. The van der Waals surface area contributed by atoms with Crippen molar-refractivity contribution in [1.29, 1.82) is 0 Å². The Labute approximate surface area is 121 Å². The number of carbonyl (C=O) groups is 2. The van der Waals surface area contributed by atoms with Gasteiger partial charge >= 0.3 is 0 Å². The number of amides is 2. The first kappa shape index (κ1) is 18.2. The van der Waals surface area contributed by atoms with Crippen molar-refractivity contribution in [3.63, 3.8) is 0 Å². The van der Waals surface area contributed by atoms with Gasteiger partial charge in [0.2, 0.25) is 11.8 Å². The molecule has 112 valence electrons. The minimum absolute atomic E-state index is 0. The monoisotopic (exact) mass is 291 g/mol. The van der Waals surface area contributed by atoms with Gasteiger partial charge in [0.05, 0.1) is 0 Å². The van der Waals surface area contributed by atoms with Crippen molar-refractivity contribution in [1.82, 2.24) is 10.2 Å². The zero-order chi connectivity index (χ0) is 13.2. The number of carbonyl (C=O) groups excluding carboxylic acids is 2. The molecule has 19 heavy (non-hydrogen) atoms. The van der Waals surface area contributed by atoms with Gasteiger partial charge in [-0.15, -0.1) is 12.4 Å². The molecule has 1 aliphatic heterocycles. The number of nitrogens with zero attached hydrogens (tertiary/aromatic N) is 1. The Balaban J connectivity index is 0.00000324. The SMILES string of the molecule is Cl.NCCCC(=O)NCCC(=O)N1CCCCCC1. The molecule has 0 unspecified atom stereocenters. The van der Waals surface area contributed by atoms with Crippen LogP contribution in [-0.4, -0.2) is 42.9 Å². The molecule has 0 aromatic heterocycles. The van der Waals surface area contributed by atoms with Gasteiger partial charge in [0.25, 0.3) is 0 Å². The summed E-state index contributed by atoms with van der Waals surface area (Å²) in [6.07, 6.45) is 6.22. The first-order valence-corrected chi connectivity index (χ1v) is 6.98. The van der Waals surface area contributed by atoms with E-state index in [2.05, 4.69) is 5.32 Å². The van der Waals surface area contributed by atoms with E-state index in [9.17, 15) is 9.59 Å². The Morgan fingerprint density at radius 3 is 2.26 bits per heavy atom. The molecule has 6 heteroatoms. The third-order valence-electron chi connectivity index (χ3n) is 3.23. The average Bonchev–Trinajstić information content (AvgIpc) is 2.65. The highest BCUT2D eigenvalue weighted by Gasteiger charge is 2.15. The van der Waals surface area contributed by atoms with E-state index >= 15 is 0 Å². The first-order valence-electron chi connectivity index (χ1n) is 6.98. The van der Waals surface area contributed by atoms with Gasteiger partial charge in [-0.1, -0.05) is 12.8 Å². The first-order chi connectivity index (χ1) is 8.74. The smallest absolute Gasteiger partial charge is 0.224 e. The summed E-state index contributed by atoms with van der Waals surface area (Å²) >= 11 is 0. The van der Waals surface area contributed by atoms with Crippen molar-refractivity contribution >= 4 is 24.2 Å². The highest BCUT2D eigenvalue weighted by Crippen LogP contribution is 2.10. The summed E-state index contributed by atoms with van der Waals surface area (Å²) in [7, 11) is 0. The van der Waals surface area contributed by atoms with Crippen LogP contribution in [0.1, 0.15) is 44.9 Å². The summed E-state index contributed by atoms with van der Waals surface area (Å²) in [5.74, 6) is 0.153. The van der Waals surface area contributed by atoms with Gasteiger partial charge in [0.15, 0.2) is 0 Å². The van der Waals surface area contributed by atoms with Crippen LogP contribution in [0.4, 0.5) is 0 Å². The molecule has 0 aromatic carbocycles. The van der Waals surface area contributed by atoms with Crippen LogP contribution in [0.5, 0.6) is 0 Å². The second-order valence-corrected chi connectivity index (χ2v) is 4.79. The summed E-state index contributed by atoms with van der Waals surface area (Å²) in [5.41, 5.74) is 5.33. The molecule has 0 spiro atoms. The van der Waals surface area contributed by atoms with Crippen LogP contribution in [0.3, 0.4) is 0 Å². The maximum atomic E-state index is 11.9. The second-order valence-electron chi connectivity index (χ2n) is 4.79. The standard InChI is InChI=1S/C13H25N3O2.ClH/c14-8-5-6-12(17)15-9-7-13(18)16-10-3-1-2-4-11-16;/h1-11,14H2,(H,15,17);1H. The molecular formula is C13H26ClN3O2. The van der Waals surface area contributed by atoms with Crippen LogP contribution in [0.25, 0.3) is 0 Å². The molecule has 1 fully saturated rings. The molecule has 0 radical (unpaired) electrons. The predicted molar refractivity (Wildman–Crippen MR) is 78.2 cm³/mol. The molecule has 2 amide bonds. The summed E-state index contributed by atoms with van der Waals surface area (Å²) in [6, 6.07) is 0. The highest BCUT2D eigenvalue weighted by atomic mass is 35.5. The number of nitrogens with one attached hydrogen (secondary N) is 1. The molecule has 0 aliphatic carbocycles. The van der Waals surface area contributed by atoms with Gasteiger partial charge in [-0.3, -0.25) is 9.59 Å². The minimum Gasteiger partial charge on any atom is -0.356 e. The van der Waals surface area contributed by atoms with Crippen LogP contribution in [-0.2, 0) is 9.59 Å². The molecule has 0 bridgehead atoms. The Bertz CT molecular complexity index is 267. The fourth-order valence-corrected chi connectivity index (χ4v) is 2.14. The lowest BCUT2D eigenvalue weighted by molar-refractivity contribution is -0.131. The maximum absolute atomic E-state index is 11.9. The van der Waals surface area contributed by atoms with Crippen LogP contribution in [0.2, 0.25) is 0 Å². The van der Waals surface area contributed by atoms with E-state index in [0.717, 1.165) is 25.9 Å². The van der Waals surface area contributed by atoms with Crippen LogP contribution >= 0.6 is 12.4 Å². The third-order valence-corrected chi connectivity index (χ3v) is 3.23. The van der Waals surface area contributed by atoms with E-state index < -0.39 is 0 Å². The highest BCUT2D eigenvalue weighted by molar-refractivity contribution is 5.85. The number of nitrogens with two attached hydrogens (primary N) is 1. The molecule has 1 aliphatic rings.